The number of nitrogens with two attached hydrogens (primary N) is 1. The fourth-order valence-electron chi connectivity index (χ4n) is 2.63. The summed E-state index contributed by atoms with van der Waals surface area (Å²) in [5.41, 5.74) is 10.4. The maximum Gasteiger partial charge on any atom is 0.155 e. The van der Waals surface area contributed by atoms with Gasteiger partial charge in [-0.1, -0.05) is 38.1 Å². The number of benzene rings is 1. The molecule has 0 radical (unpaired) electrons. The maximum atomic E-state index is 5.99. The lowest BCUT2D eigenvalue weighted by Gasteiger charge is -2.27. The minimum absolute atomic E-state index is 0.0125. The van der Waals surface area contributed by atoms with E-state index < -0.39 is 0 Å². The summed E-state index contributed by atoms with van der Waals surface area (Å²) in [6, 6.07) is 10.6. The van der Waals surface area contributed by atoms with E-state index in [1.807, 2.05) is 18.5 Å². The summed E-state index contributed by atoms with van der Waals surface area (Å²) < 4.78 is 0. The van der Waals surface area contributed by atoms with Crippen LogP contribution in [0.4, 0.5) is 0 Å². The molecule has 2 aromatic heterocycles. The molecule has 21 heavy (non-hydrogen) atoms. The molecule has 3 aromatic rings. The first kappa shape index (κ1) is 13.8. The Morgan fingerprint density at radius 3 is 2.90 bits per heavy atom. The van der Waals surface area contributed by atoms with Gasteiger partial charge in [0.25, 0.3) is 0 Å². The molecule has 3 N–H and O–H groups in total. The van der Waals surface area contributed by atoms with Crippen LogP contribution in [0.5, 0.6) is 0 Å². The van der Waals surface area contributed by atoms with E-state index >= 15 is 0 Å². The van der Waals surface area contributed by atoms with Crippen LogP contribution in [0.2, 0.25) is 0 Å². The Hall–Kier alpha value is -2.20. The van der Waals surface area contributed by atoms with Gasteiger partial charge in [-0.05, 0) is 29.2 Å². The molecule has 3 rings (SSSR count). The van der Waals surface area contributed by atoms with Gasteiger partial charge in [-0.3, -0.25) is 5.10 Å². The SMILES string of the molecule is CC[C@](C)(CN)c1cccc(-c2ccnc3[nH]ncc23)c1. The zero-order chi connectivity index (χ0) is 14.9. The minimum atomic E-state index is 0.0125. The van der Waals surface area contributed by atoms with Crippen LogP contribution in [0.15, 0.2) is 42.7 Å². The molecule has 108 valence electrons. The number of hydrogen-bond donors (Lipinski definition) is 2. The highest BCUT2D eigenvalue weighted by Gasteiger charge is 2.23. The number of fused-ring (bicyclic) bond motifs is 1. The van der Waals surface area contributed by atoms with Gasteiger partial charge in [-0.25, -0.2) is 4.98 Å². The Morgan fingerprint density at radius 1 is 1.29 bits per heavy atom. The summed E-state index contributed by atoms with van der Waals surface area (Å²) in [4.78, 5) is 4.29. The average Bonchev–Trinajstić information content (AvgIpc) is 3.02. The Morgan fingerprint density at radius 2 is 2.14 bits per heavy atom. The number of hydrogen-bond acceptors (Lipinski definition) is 3. The van der Waals surface area contributed by atoms with Gasteiger partial charge in [0.05, 0.1) is 6.20 Å². The largest absolute Gasteiger partial charge is 0.330 e. The van der Waals surface area contributed by atoms with Gasteiger partial charge in [0.2, 0.25) is 0 Å². The van der Waals surface area contributed by atoms with Crippen molar-refractivity contribution in [3.05, 3.63) is 48.3 Å². The molecular weight excluding hydrogens is 260 g/mol. The minimum Gasteiger partial charge on any atom is -0.330 e. The molecule has 0 bridgehead atoms. The van der Waals surface area contributed by atoms with Gasteiger partial charge < -0.3 is 5.73 Å². The third-order valence-electron chi connectivity index (χ3n) is 4.46. The standard InChI is InChI=1S/C17H20N4/c1-3-17(2,11-18)13-6-4-5-12(9-13)14-7-8-19-16-15(14)10-20-21-16/h4-10H,3,11,18H2,1-2H3,(H,19,20,21)/t17-/m1/s1. The Labute approximate surface area is 124 Å². The van der Waals surface area contributed by atoms with Gasteiger partial charge in [-0.2, -0.15) is 5.10 Å². The van der Waals surface area contributed by atoms with Gasteiger partial charge in [-0.15, -0.1) is 0 Å². The smallest absolute Gasteiger partial charge is 0.155 e. The Balaban J connectivity index is 2.14. The summed E-state index contributed by atoms with van der Waals surface area (Å²) >= 11 is 0. The summed E-state index contributed by atoms with van der Waals surface area (Å²) in [6.45, 7) is 5.04. The zero-order valence-electron chi connectivity index (χ0n) is 12.4. The topological polar surface area (TPSA) is 67.6 Å². The summed E-state index contributed by atoms with van der Waals surface area (Å²) in [5, 5.41) is 8.04. The molecule has 2 heterocycles. The average molecular weight is 280 g/mol. The van der Waals surface area contributed by atoms with Crippen LogP contribution >= 0.6 is 0 Å². The van der Waals surface area contributed by atoms with Crippen LogP contribution < -0.4 is 5.73 Å². The molecule has 0 unspecified atom stereocenters. The zero-order valence-corrected chi connectivity index (χ0v) is 12.4. The van der Waals surface area contributed by atoms with Crippen LogP contribution in [0, 0.1) is 0 Å². The molecule has 0 aliphatic carbocycles. The third-order valence-corrected chi connectivity index (χ3v) is 4.46. The lowest BCUT2D eigenvalue weighted by Crippen LogP contribution is -2.30. The number of rotatable bonds is 4. The monoisotopic (exact) mass is 280 g/mol. The van der Waals surface area contributed by atoms with E-state index in [4.69, 9.17) is 5.73 Å². The van der Waals surface area contributed by atoms with Crippen LogP contribution in [-0.4, -0.2) is 21.7 Å². The molecule has 0 aliphatic heterocycles. The van der Waals surface area contributed by atoms with Gasteiger partial charge in [0, 0.05) is 23.5 Å². The van der Waals surface area contributed by atoms with Crippen molar-refractivity contribution in [2.75, 3.05) is 6.54 Å². The predicted molar refractivity (Wildman–Crippen MR) is 86.0 cm³/mol. The number of nitrogens with one attached hydrogen (secondary N) is 1. The highest BCUT2D eigenvalue weighted by atomic mass is 15.1. The van der Waals surface area contributed by atoms with Crippen LogP contribution in [-0.2, 0) is 5.41 Å². The molecule has 0 saturated heterocycles. The lowest BCUT2D eigenvalue weighted by atomic mass is 9.79. The molecule has 0 spiro atoms. The summed E-state index contributed by atoms with van der Waals surface area (Å²) in [5.74, 6) is 0. The number of H-pyrrole nitrogens is 1. The fraction of sp³-hybridized carbons (Fsp3) is 0.294. The van der Waals surface area contributed by atoms with Gasteiger partial charge >= 0.3 is 0 Å². The normalized spacial score (nSPS) is 14.2. The number of nitrogens with zero attached hydrogens (tertiary/aromatic N) is 2. The van der Waals surface area contributed by atoms with Gasteiger partial charge in [0.15, 0.2) is 5.65 Å². The first-order valence-electron chi connectivity index (χ1n) is 7.27. The van der Waals surface area contributed by atoms with Crippen LogP contribution in [0.3, 0.4) is 0 Å². The van der Waals surface area contributed by atoms with Crippen molar-refractivity contribution in [3.8, 4) is 11.1 Å². The second-order valence-corrected chi connectivity index (χ2v) is 5.69. The lowest BCUT2D eigenvalue weighted by molar-refractivity contribution is 0.467. The summed E-state index contributed by atoms with van der Waals surface area (Å²) in [6.07, 6.45) is 4.65. The van der Waals surface area contributed by atoms with E-state index in [1.165, 1.54) is 11.1 Å². The third kappa shape index (κ3) is 2.32. The fourth-order valence-corrected chi connectivity index (χ4v) is 2.63. The van der Waals surface area contributed by atoms with E-state index in [0.29, 0.717) is 6.54 Å². The first-order valence-corrected chi connectivity index (χ1v) is 7.27. The summed E-state index contributed by atoms with van der Waals surface area (Å²) in [7, 11) is 0. The van der Waals surface area contributed by atoms with Crippen molar-refractivity contribution in [3.63, 3.8) is 0 Å². The molecule has 0 saturated carbocycles. The predicted octanol–water partition coefficient (Wildman–Crippen LogP) is 3.25. The molecule has 0 amide bonds. The number of pyridine rings is 1. The van der Waals surface area contributed by atoms with Crippen molar-refractivity contribution in [2.45, 2.75) is 25.7 Å². The quantitative estimate of drug-likeness (QED) is 0.771. The van der Waals surface area contributed by atoms with E-state index in [0.717, 1.165) is 23.0 Å². The van der Waals surface area contributed by atoms with Crippen LogP contribution in [0.25, 0.3) is 22.2 Å². The highest BCUT2D eigenvalue weighted by Crippen LogP contribution is 2.32. The highest BCUT2D eigenvalue weighted by molar-refractivity contribution is 5.92. The molecule has 4 nitrogen and oxygen atoms in total. The van der Waals surface area contributed by atoms with Gasteiger partial charge in [0.1, 0.15) is 0 Å². The maximum absolute atomic E-state index is 5.99. The second kappa shape index (κ2) is 5.30. The number of aromatic nitrogens is 3. The Bertz CT molecular complexity index is 756. The van der Waals surface area contributed by atoms with E-state index in [-0.39, 0.29) is 5.41 Å². The van der Waals surface area contributed by atoms with E-state index in [1.54, 1.807) is 0 Å². The Kier molecular flexibility index (Phi) is 3.47. The van der Waals surface area contributed by atoms with Crippen molar-refractivity contribution in [1.29, 1.82) is 0 Å². The van der Waals surface area contributed by atoms with Crippen molar-refractivity contribution in [2.24, 2.45) is 5.73 Å². The molecule has 4 heteroatoms. The van der Waals surface area contributed by atoms with E-state index in [2.05, 4.69) is 53.3 Å². The molecule has 1 aromatic carbocycles. The molecule has 0 aliphatic rings. The second-order valence-electron chi connectivity index (χ2n) is 5.69. The molecular formula is C17H20N4. The van der Waals surface area contributed by atoms with E-state index in [9.17, 15) is 0 Å². The first-order chi connectivity index (χ1) is 10.2. The molecule has 1 atom stereocenters. The van der Waals surface area contributed by atoms with Crippen molar-refractivity contribution in [1.82, 2.24) is 15.2 Å². The molecule has 0 fully saturated rings. The number of aromatic amines is 1. The van der Waals surface area contributed by atoms with Crippen molar-refractivity contribution < 1.29 is 0 Å². The van der Waals surface area contributed by atoms with Crippen LogP contribution in [0.1, 0.15) is 25.8 Å². The van der Waals surface area contributed by atoms with Crippen molar-refractivity contribution >= 4 is 11.0 Å².